The van der Waals surface area contributed by atoms with Crippen molar-refractivity contribution in [3.05, 3.63) is 28.4 Å². The molecule has 2 saturated heterocycles. The lowest BCUT2D eigenvalue weighted by molar-refractivity contribution is -0.135. The van der Waals surface area contributed by atoms with Gasteiger partial charge >= 0.3 is 0 Å². The SMILES string of the molecule is CC(C)c1cc(=O)n(CC2CCN(C3CCCCN(C)C3=O)CC2)cn1. The summed E-state index contributed by atoms with van der Waals surface area (Å²) in [6.45, 7) is 7.61. The quantitative estimate of drug-likeness (QED) is 0.825. The summed E-state index contributed by atoms with van der Waals surface area (Å²) in [6.07, 6.45) is 6.99. The van der Waals surface area contributed by atoms with Gasteiger partial charge in [0.2, 0.25) is 5.91 Å². The van der Waals surface area contributed by atoms with E-state index in [1.807, 2.05) is 25.8 Å². The summed E-state index contributed by atoms with van der Waals surface area (Å²) in [5.74, 6) is 1.04. The Bertz CT molecular complexity index is 677. The van der Waals surface area contributed by atoms with Gasteiger partial charge in [0.25, 0.3) is 5.56 Å². The van der Waals surface area contributed by atoms with Crippen molar-refractivity contribution in [2.24, 2.45) is 5.92 Å². The number of amides is 1. The topological polar surface area (TPSA) is 58.4 Å². The molecule has 1 amide bonds. The number of piperidine rings is 1. The first-order chi connectivity index (χ1) is 12.5. The van der Waals surface area contributed by atoms with Crippen LogP contribution in [0.5, 0.6) is 0 Å². The molecule has 1 aromatic rings. The summed E-state index contributed by atoms with van der Waals surface area (Å²) in [7, 11) is 1.92. The number of rotatable bonds is 4. The predicted octanol–water partition coefficient (Wildman–Crippen LogP) is 2.09. The molecule has 0 saturated carbocycles. The van der Waals surface area contributed by atoms with Crippen LogP contribution in [-0.4, -0.2) is 58.0 Å². The van der Waals surface area contributed by atoms with Gasteiger partial charge in [-0.05, 0) is 57.0 Å². The smallest absolute Gasteiger partial charge is 0.253 e. The normalized spacial score (nSPS) is 23.5. The molecule has 1 atom stereocenters. The van der Waals surface area contributed by atoms with Gasteiger partial charge in [0.05, 0.1) is 18.1 Å². The van der Waals surface area contributed by atoms with E-state index in [4.69, 9.17) is 0 Å². The van der Waals surface area contributed by atoms with Crippen LogP contribution in [-0.2, 0) is 11.3 Å². The molecule has 2 aliphatic heterocycles. The van der Waals surface area contributed by atoms with Crippen LogP contribution in [0, 0.1) is 5.92 Å². The summed E-state index contributed by atoms with van der Waals surface area (Å²) < 4.78 is 1.75. The fraction of sp³-hybridized carbons (Fsp3) is 0.750. The van der Waals surface area contributed by atoms with Crippen LogP contribution in [0.2, 0.25) is 0 Å². The predicted molar refractivity (Wildman–Crippen MR) is 102 cm³/mol. The van der Waals surface area contributed by atoms with Crippen molar-refractivity contribution in [2.45, 2.75) is 64.5 Å². The molecule has 26 heavy (non-hydrogen) atoms. The van der Waals surface area contributed by atoms with E-state index in [0.717, 1.165) is 64.0 Å². The summed E-state index contributed by atoms with van der Waals surface area (Å²) in [5, 5.41) is 0. The maximum Gasteiger partial charge on any atom is 0.253 e. The van der Waals surface area contributed by atoms with Crippen molar-refractivity contribution in [1.29, 1.82) is 0 Å². The van der Waals surface area contributed by atoms with E-state index >= 15 is 0 Å². The van der Waals surface area contributed by atoms with Crippen LogP contribution < -0.4 is 5.56 Å². The Hall–Kier alpha value is -1.69. The Kier molecular flexibility index (Phi) is 6.12. The van der Waals surface area contributed by atoms with Crippen molar-refractivity contribution in [3.63, 3.8) is 0 Å². The van der Waals surface area contributed by atoms with Crippen molar-refractivity contribution < 1.29 is 4.79 Å². The second-order valence-electron chi connectivity index (χ2n) is 8.21. The number of hydrogen-bond acceptors (Lipinski definition) is 4. The lowest BCUT2D eigenvalue weighted by Crippen LogP contribution is -2.49. The Morgan fingerprint density at radius 3 is 2.50 bits per heavy atom. The van der Waals surface area contributed by atoms with Crippen molar-refractivity contribution >= 4 is 5.91 Å². The number of carbonyl (C=O) groups is 1. The maximum atomic E-state index is 12.6. The van der Waals surface area contributed by atoms with Gasteiger partial charge in [-0.2, -0.15) is 0 Å². The summed E-state index contributed by atoms with van der Waals surface area (Å²) in [6, 6.07) is 1.72. The van der Waals surface area contributed by atoms with Crippen LogP contribution >= 0.6 is 0 Å². The number of nitrogens with zero attached hydrogens (tertiary/aromatic N) is 4. The highest BCUT2D eigenvalue weighted by atomic mass is 16.2. The lowest BCUT2D eigenvalue weighted by Gasteiger charge is -2.37. The van der Waals surface area contributed by atoms with E-state index < -0.39 is 0 Å². The molecule has 0 bridgehead atoms. The Morgan fingerprint density at radius 2 is 1.85 bits per heavy atom. The van der Waals surface area contributed by atoms with E-state index in [-0.39, 0.29) is 23.4 Å². The standard InChI is InChI=1S/C20H32N4O2/c1-15(2)17-12-19(25)24(14-21-17)13-16-7-10-23(11-8-16)18-6-4-5-9-22(3)20(18)26/h12,14-16,18H,4-11,13H2,1-3H3. The van der Waals surface area contributed by atoms with E-state index in [1.165, 1.54) is 0 Å². The van der Waals surface area contributed by atoms with Gasteiger partial charge in [-0.3, -0.25) is 19.1 Å². The van der Waals surface area contributed by atoms with Gasteiger partial charge in [-0.15, -0.1) is 0 Å². The molecule has 3 rings (SSSR count). The second kappa shape index (κ2) is 8.33. The number of aromatic nitrogens is 2. The summed E-state index contributed by atoms with van der Waals surface area (Å²) in [5.41, 5.74) is 0.906. The fourth-order valence-corrected chi connectivity index (χ4v) is 4.13. The third kappa shape index (κ3) is 4.34. The van der Waals surface area contributed by atoms with Crippen molar-refractivity contribution in [3.8, 4) is 0 Å². The van der Waals surface area contributed by atoms with Gasteiger partial charge < -0.3 is 4.90 Å². The molecule has 0 aromatic carbocycles. The molecular formula is C20H32N4O2. The van der Waals surface area contributed by atoms with E-state index in [1.54, 1.807) is 17.0 Å². The molecule has 0 spiro atoms. The monoisotopic (exact) mass is 360 g/mol. The zero-order valence-corrected chi connectivity index (χ0v) is 16.4. The highest BCUT2D eigenvalue weighted by Crippen LogP contribution is 2.24. The first-order valence-electron chi connectivity index (χ1n) is 10.0. The number of likely N-dealkylation sites (N-methyl/N-ethyl adjacent to an activating group) is 1. The van der Waals surface area contributed by atoms with Gasteiger partial charge in [0.1, 0.15) is 0 Å². The Morgan fingerprint density at radius 1 is 1.12 bits per heavy atom. The minimum absolute atomic E-state index is 0.0479. The maximum absolute atomic E-state index is 12.6. The largest absolute Gasteiger partial charge is 0.344 e. The second-order valence-corrected chi connectivity index (χ2v) is 8.21. The van der Waals surface area contributed by atoms with Crippen molar-refractivity contribution in [1.82, 2.24) is 19.4 Å². The highest BCUT2D eigenvalue weighted by Gasteiger charge is 2.32. The van der Waals surface area contributed by atoms with Crippen LogP contribution in [0.25, 0.3) is 0 Å². The molecule has 2 aliphatic rings. The first-order valence-corrected chi connectivity index (χ1v) is 10.0. The summed E-state index contributed by atoms with van der Waals surface area (Å²) in [4.78, 5) is 33.6. The minimum Gasteiger partial charge on any atom is -0.344 e. The summed E-state index contributed by atoms with van der Waals surface area (Å²) >= 11 is 0. The van der Waals surface area contributed by atoms with Gasteiger partial charge in [-0.1, -0.05) is 13.8 Å². The van der Waals surface area contributed by atoms with Crippen LogP contribution in [0.4, 0.5) is 0 Å². The van der Waals surface area contributed by atoms with Crippen LogP contribution in [0.1, 0.15) is 57.6 Å². The minimum atomic E-state index is 0.0479. The number of likely N-dealkylation sites (tertiary alicyclic amines) is 2. The van der Waals surface area contributed by atoms with Crippen molar-refractivity contribution in [2.75, 3.05) is 26.7 Å². The Balaban J connectivity index is 1.57. The highest BCUT2D eigenvalue weighted by molar-refractivity contribution is 5.81. The Labute approximate surface area is 156 Å². The molecule has 1 aromatic heterocycles. The fourth-order valence-electron chi connectivity index (χ4n) is 4.13. The van der Waals surface area contributed by atoms with Gasteiger partial charge in [-0.25, -0.2) is 4.98 Å². The third-order valence-corrected chi connectivity index (χ3v) is 5.92. The van der Waals surface area contributed by atoms with E-state index in [9.17, 15) is 9.59 Å². The molecule has 0 N–H and O–H groups in total. The van der Waals surface area contributed by atoms with Crippen LogP contribution in [0.15, 0.2) is 17.2 Å². The first kappa shape index (κ1) is 19.1. The molecule has 2 fully saturated rings. The lowest BCUT2D eigenvalue weighted by atomic mass is 9.94. The molecule has 3 heterocycles. The average Bonchev–Trinajstić information content (AvgIpc) is 2.79. The van der Waals surface area contributed by atoms with E-state index in [2.05, 4.69) is 9.88 Å². The average molecular weight is 361 g/mol. The third-order valence-electron chi connectivity index (χ3n) is 5.92. The molecule has 0 aliphatic carbocycles. The van der Waals surface area contributed by atoms with Crippen LogP contribution in [0.3, 0.4) is 0 Å². The molecule has 6 heteroatoms. The molecule has 144 valence electrons. The molecule has 0 radical (unpaired) electrons. The molecular weight excluding hydrogens is 328 g/mol. The molecule has 1 unspecified atom stereocenters. The van der Waals surface area contributed by atoms with Gasteiger partial charge in [0.15, 0.2) is 0 Å². The zero-order chi connectivity index (χ0) is 18.7. The number of hydrogen-bond donors (Lipinski definition) is 0. The van der Waals surface area contributed by atoms with Gasteiger partial charge in [0, 0.05) is 26.2 Å². The number of carbonyl (C=O) groups excluding carboxylic acids is 1. The van der Waals surface area contributed by atoms with E-state index in [0.29, 0.717) is 5.92 Å². The molecule has 6 nitrogen and oxygen atoms in total. The zero-order valence-electron chi connectivity index (χ0n) is 16.4.